The third-order valence-electron chi connectivity index (χ3n) is 4.86. The molecular formula is C24H17ClFN5S. The zero-order valence-corrected chi connectivity index (χ0v) is 18.3. The average Bonchev–Trinajstić information content (AvgIpc) is 3.47. The lowest BCUT2D eigenvalue weighted by atomic mass is 10.1. The second-order valence-electron chi connectivity index (χ2n) is 7.01. The van der Waals surface area contributed by atoms with Crippen molar-refractivity contribution in [3.05, 3.63) is 102 Å². The Kier molecular flexibility index (Phi) is 5.75. The van der Waals surface area contributed by atoms with Gasteiger partial charge in [-0.25, -0.2) is 14.4 Å². The number of nitrogens with zero attached hydrogens (tertiary/aromatic N) is 4. The van der Waals surface area contributed by atoms with E-state index in [1.807, 2.05) is 59.2 Å². The third-order valence-corrected chi connectivity index (χ3v) is 6.07. The van der Waals surface area contributed by atoms with Crippen molar-refractivity contribution in [2.45, 2.75) is 10.9 Å². The predicted molar refractivity (Wildman–Crippen MR) is 125 cm³/mol. The maximum atomic E-state index is 13.5. The van der Waals surface area contributed by atoms with Crippen LogP contribution in [0.25, 0.3) is 28.3 Å². The van der Waals surface area contributed by atoms with E-state index in [1.54, 1.807) is 18.3 Å². The molecule has 0 amide bonds. The van der Waals surface area contributed by atoms with E-state index in [4.69, 9.17) is 11.6 Å². The minimum Gasteiger partial charge on any atom is -0.287 e. The van der Waals surface area contributed by atoms with Gasteiger partial charge in [0.25, 0.3) is 0 Å². The van der Waals surface area contributed by atoms with Gasteiger partial charge in [0.05, 0.1) is 17.6 Å². The van der Waals surface area contributed by atoms with Crippen LogP contribution in [-0.4, -0.2) is 24.7 Å². The number of benzene rings is 3. The predicted octanol–water partition coefficient (Wildman–Crippen LogP) is 6.41. The van der Waals surface area contributed by atoms with Crippen LogP contribution in [0.15, 0.2) is 90.2 Å². The fraction of sp³-hybridized carbons (Fsp3) is 0.0417. The standard InChI is InChI=1S/C24H17ClFN5S/c25-18-8-12-20(13-9-18)31-21(16-6-10-19(26)11-7-16)14-27-24(31)32-15-22-28-23(30-29-22)17-4-2-1-3-5-17/h1-14H,15H2,(H,28,29,30). The molecule has 0 aliphatic heterocycles. The number of rotatable bonds is 6. The van der Waals surface area contributed by atoms with Crippen LogP contribution < -0.4 is 0 Å². The number of hydrogen-bond donors (Lipinski definition) is 1. The molecule has 0 fully saturated rings. The number of H-pyrrole nitrogens is 1. The van der Waals surface area contributed by atoms with E-state index < -0.39 is 0 Å². The first kappa shape index (κ1) is 20.5. The Morgan fingerprint density at radius 3 is 2.41 bits per heavy atom. The second kappa shape index (κ2) is 8.98. The lowest BCUT2D eigenvalue weighted by Crippen LogP contribution is -1.99. The van der Waals surface area contributed by atoms with Crippen LogP contribution in [-0.2, 0) is 5.75 Å². The fourth-order valence-electron chi connectivity index (χ4n) is 3.31. The van der Waals surface area contributed by atoms with Crippen LogP contribution in [0, 0.1) is 5.82 Å². The molecule has 0 bridgehead atoms. The van der Waals surface area contributed by atoms with E-state index in [2.05, 4.69) is 20.2 Å². The molecule has 0 radical (unpaired) electrons. The summed E-state index contributed by atoms with van der Waals surface area (Å²) in [5.41, 5.74) is 3.60. The van der Waals surface area contributed by atoms with Gasteiger partial charge in [-0.05, 0) is 48.5 Å². The van der Waals surface area contributed by atoms with E-state index in [-0.39, 0.29) is 5.82 Å². The van der Waals surface area contributed by atoms with Crippen LogP contribution in [0.2, 0.25) is 5.02 Å². The third kappa shape index (κ3) is 4.30. The van der Waals surface area contributed by atoms with Gasteiger partial charge in [0.2, 0.25) is 0 Å². The summed E-state index contributed by atoms with van der Waals surface area (Å²) in [6, 6.07) is 23.7. The second-order valence-corrected chi connectivity index (χ2v) is 8.38. The fourth-order valence-corrected chi connectivity index (χ4v) is 4.29. The number of thioether (sulfide) groups is 1. The van der Waals surface area contributed by atoms with Crippen molar-refractivity contribution in [3.8, 4) is 28.3 Å². The molecule has 0 aliphatic rings. The van der Waals surface area contributed by atoms with Crippen molar-refractivity contribution in [3.63, 3.8) is 0 Å². The molecule has 0 unspecified atom stereocenters. The lowest BCUT2D eigenvalue weighted by molar-refractivity contribution is 0.628. The van der Waals surface area contributed by atoms with Gasteiger partial charge in [-0.1, -0.05) is 53.7 Å². The van der Waals surface area contributed by atoms with Crippen LogP contribution in [0.3, 0.4) is 0 Å². The van der Waals surface area contributed by atoms with Gasteiger partial charge in [0.1, 0.15) is 11.6 Å². The molecule has 2 heterocycles. The minimum absolute atomic E-state index is 0.277. The number of nitrogens with one attached hydrogen (secondary N) is 1. The summed E-state index contributed by atoms with van der Waals surface area (Å²) in [6.07, 6.45) is 1.79. The molecule has 3 aromatic carbocycles. The summed E-state index contributed by atoms with van der Waals surface area (Å²) in [5, 5.41) is 8.77. The molecule has 0 atom stereocenters. The normalized spacial score (nSPS) is 11.1. The molecule has 1 N–H and O–H groups in total. The molecule has 0 saturated heterocycles. The van der Waals surface area contributed by atoms with Crippen LogP contribution in [0.1, 0.15) is 5.82 Å². The smallest absolute Gasteiger partial charge is 0.181 e. The first-order chi connectivity index (χ1) is 15.7. The van der Waals surface area contributed by atoms with Gasteiger partial charge >= 0.3 is 0 Å². The first-order valence-electron chi connectivity index (χ1n) is 9.86. The number of imidazole rings is 1. The average molecular weight is 462 g/mol. The number of aromatic amines is 1. The van der Waals surface area contributed by atoms with E-state index >= 15 is 0 Å². The number of hydrogen-bond acceptors (Lipinski definition) is 4. The molecule has 5 aromatic rings. The molecule has 8 heteroatoms. The Balaban J connectivity index is 1.45. The SMILES string of the molecule is Fc1ccc(-c2cnc(SCc3nc(-c4ccccc4)n[nH]3)n2-c2ccc(Cl)cc2)cc1. The van der Waals surface area contributed by atoms with Crippen LogP contribution in [0.4, 0.5) is 4.39 Å². The van der Waals surface area contributed by atoms with Gasteiger partial charge in [-0.15, -0.1) is 0 Å². The van der Waals surface area contributed by atoms with Crippen molar-refractivity contribution in [1.29, 1.82) is 0 Å². The molecule has 0 saturated carbocycles. The van der Waals surface area contributed by atoms with Gasteiger partial charge in [-0.3, -0.25) is 9.67 Å². The summed E-state index contributed by atoms with van der Waals surface area (Å²) in [6.45, 7) is 0. The van der Waals surface area contributed by atoms with E-state index in [0.29, 0.717) is 16.6 Å². The van der Waals surface area contributed by atoms with E-state index in [1.165, 1.54) is 23.9 Å². The molecule has 158 valence electrons. The zero-order valence-electron chi connectivity index (χ0n) is 16.7. The highest BCUT2D eigenvalue weighted by Crippen LogP contribution is 2.31. The summed E-state index contributed by atoms with van der Waals surface area (Å²) < 4.78 is 15.5. The molecule has 5 rings (SSSR count). The van der Waals surface area contributed by atoms with Gasteiger partial charge in [0.15, 0.2) is 11.0 Å². The molecule has 2 aromatic heterocycles. The monoisotopic (exact) mass is 461 g/mol. The maximum absolute atomic E-state index is 13.5. The van der Waals surface area contributed by atoms with Crippen molar-refractivity contribution in [2.75, 3.05) is 0 Å². The molecule has 32 heavy (non-hydrogen) atoms. The summed E-state index contributed by atoms with van der Waals surface area (Å²) in [4.78, 5) is 9.23. The zero-order chi connectivity index (χ0) is 21.9. The summed E-state index contributed by atoms with van der Waals surface area (Å²) in [7, 11) is 0. The van der Waals surface area contributed by atoms with Gasteiger partial charge in [0, 0.05) is 21.8 Å². The van der Waals surface area contributed by atoms with Gasteiger partial charge < -0.3 is 0 Å². The van der Waals surface area contributed by atoms with Crippen molar-refractivity contribution < 1.29 is 4.39 Å². The Morgan fingerprint density at radius 1 is 0.906 bits per heavy atom. The Morgan fingerprint density at radius 2 is 1.66 bits per heavy atom. The summed E-state index contributed by atoms with van der Waals surface area (Å²) >= 11 is 7.63. The lowest BCUT2D eigenvalue weighted by Gasteiger charge is -2.12. The topological polar surface area (TPSA) is 59.4 Å². The number of aromatic nitrogens is 5. The highest BCUT2D eigenvalue weighted by molar-refractivity contribution is 7.98. The van der Waals surface area contributed by atoms with Crippen molar-refractivity contribution >= 4 is 23.4 Å². The minimum atomic E-state index is -0.277. The number of halogens is 2. The van der Waals surface area contributed by atoms with E-state index in [9.17, 15) is 4.39 Å². The summed E-state index contributed by atoms with van der Waals surface area (Å²) in [5.74, 6) is 1.70. The van der Waals surface area contributed by atoms with Crippen LogP contribution >= 0.6 is 23.4 Å². The Bertz CT molecular complexity index is 1330. The maximum Gasteiger partial charge on any atom is 0.181 e. The largest absolute Gasteiger partial charge is 0.287 e. The molecule has 0 aliphatic carbocycles. The van der Waals surface area contributed by atoms with E-state index in [0.717, 1.165) is 33.5 Å². The van der Waals surface area contributed by atoms with Crippen molar-refractivity contribution in [1.82, 2.24) is 24.7 Å². The molecular weight excluding hydrogens is 445 g/mol. The van der Waals surface area contributed by atoms with Crippen LogP contribution in [0.5, 0.6) is 0 Å². The molecule has 0 spiro atoms. The quantitative estimate of drug-likeness (QED) is 0.297. The highest BCUT2D eigenvalue weighted by Gasteiger charge is 2.16. The Labute approximate surface area is 193 Å². The van der Waals surface area contributed by atoms with Gasteiger partial charge in [-0.2, -0.15) is 5.10 Å². The molecule has 5 nitrogen and oxygen atoms in total. The Hall–Kier alpha value is -3.42. The highest BCUT2D eigenvalue weighted by atomic mass is 35.5. The van der Waals surface area contributed by atoms with Crippen molar-refractivity contribution in [2.24, 2.45) is 0 Å². The first-order valence-corrected chi connectivity index (χ1v) is 11.2.